The lowest BCUT2D eigenvalue weighted by Gasteiger charge is -2.10. The number of aromatic nitrogens is 2. The molecule has 0 fully saturated rings. The minimum absolute atomic E-state index is 0.00201. The lowest BCUT2D eigenvalue weighted by molar-refractivity contribution is 0.0697. The summed E-state index contributed by atoms with van der Waals surface area (Å²) in [5.41, 5.74) is 1.99. The topological polar surface area (TPSA) is 104 Å². The molecule has 0 aliphatic rings. The minimum Gasteiger partial charge on any atom is -0.478 e. The summed E-state index contributed by atoms with van der Waals surface area (Å²) in [7, 11) is 0. The van der Waals surface area contributed by atoms with Crippen LogP contribution in [0.5, 0.6) is 0 Å². The van der Waals surface area contributed by atoms with Crippen molar-refractivity contribution in [2.75, 3.05) is 10.6 Å². The molecule has 3 aromatic rings. The Kier molecular flexibility index (Phi) is 4.89. The molecule has 0 spiro atoms. The lowest BCUT2D eigenvalue weighted by atomic mass is 10.1. The van der Waals surface area contributed by atoms with Gasteiger partial charge >= 0.3 is 5.97 Å². The molecule has 2 aromatic carbocycles. The van der Waals surface area contributed by atoms with E-state index in [2.05, 4.69) is 20.6 Å². The maximum atomic E-state index is 11.3. The quantitative estimate of drug-likeness (QED) is 0.581. The smallest absolute Gasteiger partial charge is 0.337 e. The van der Waals surface area contributed by atoms with Gasteiger partial charge < -0.3 is 15.7 Å². The Labute approximate surface area is 149 Å². The lowest BCUT2D eigenvalue weighted by Crippen LogP contribution is -2.04. The first kappa shape index (κ1) is 17.1. The number of carbonyl (C=O) groups is 2. The van der Waals surface area contributed by atoms with Crippen molar-refractivity contribution in [3.8, 4) is 0 Å². The summed E-state index contributed by atoms with van der Waals surface area (Å²) in [6, 6.07) is 15.3. The standard InChI is InChI=1S/C19H16N4O3/c1-12(24)13-6-8-14(9-7-13)22-17-10-18(21-11-20-17)23-16-5-3-2-4-15(16)19(25)26/h2-11H,1H3,(H,25,26)(H2,20,21,22,23). The molecule has 7 heteroatoms. The second-order valence-corrected chi connectivity index (χ2v) is 5.52. The molecule has 0 amide bonds. The van der Waals surface area contributed by atoms with Crippen LogP contribution in [0.1, 0.15) is 27.6 Å². The molecule has 0 unspecified atom stereocenters. The molecular weight excluding hydrogens is 332 g/mol. The van der Waals surface area contributed by atoms with Crippen LogP contribution in [-0.4, -0.2) is 26.8 Å². The van der Waals surface area contributed by atoms with Crippen LogP contribution >= 0.6 is 0 Å². The van der Waals surface area contributed by atoms with Crippen LogP contribution in [0.25, 0.3) is 0 Å². The van der Waals surface area contributed by atoms with E-state index >= 15 is 0 Å². The molecule has 1 heterocycles. The zero-order valence-electron chi connectivity index (χ0n) is 13.9. The van der Waals surface area contributed by atoms with Gasteiger partial charge in [0.1, 0.15) is 18.0 Å². The van der Waals surface area contributed by atoms with Gasteiger partial charge in [0.2, 0.25) is 0 Å². The van der Waals surface area contributed by atoms with Crippen LogP contribution in [-0.2, 0) is 0 Å². The van der Waals surface area contributed by atoms with Gasteiger partial charge in [0.25, 0.3) is 0 Å². The zero-order valence-corrected chi connectivity index (χ0v) is 13.9. The number of Topliss-reactive ketones (excluding diaryl/α,β-unsaturated/α-hetero) is 1. The third-order valence-corrected chi connectivity index (χ3v) is 3.65. The Morgan fingerprint density at radius 3 is 2.23 bits per heavy atom. The van der Waals surface area contributed by atoms with Gasteiger partial charge in [-0.15, -0.1) is 0 Å². The van der Waals surface area contributed by atoms with E-state index in [1.165, 1.54) is 19.3 Å². The highest BCUT2D eigenvalue weighted by molar-refractivity contribution is 5.95. The molecule has 0 radical (unpaired) electrons. The summed E-state index contributed by atoms with van der Waals surface area (Å²) in [6.45, 7) is 1.51. The fourth-order valence-electron chi connectivity index (χ4n) is 2.35. The first-order valence-electron chi connectivity index (χ1n) is 7.82. The van der Waals surface area contributed by atoms with E-state index in [1.807, 2.05) is 0 Å². The molecule has 0 aliphatic carbocycles. The van der Waals surface area contributed by atoms with Crippen molar-refractivity contribution in [1.82, 2.24) is 9.97 Å². The Morgan fingerprint density at radius 1 is 0.923 bits per heavy atom. The van der Waals surface area contributed by atoms with Crippen molar-refractivity contribution in [2.24, 2.45) is 0 Å². The van der Waals surface area contributed by atoms with Gasteiger partial charge in [-0.25, -0.2) is 14.8 Å². The fourth-order valence-corrected chi connectivity index (χ4v) is 2.35. The van der Waals surface area contributed by atoms with Gasteiger partial charge in [-0.3, -0.25) is 4.79 Å². The normalized spacial score (nSPS) is 10.2. The molecule has 3 N–H and O–H groups in total. The van der Waals surface area contributed by atoms with Gasteiger partial charge in [0.05, 0.1) is 11.3 Å². The number of hydrogen-bond donors (Lipinski definition) is 3. The predicted molar refractivity (Wildman–Crippen MR) is 98.4 cm³/mol. The summed E-state index contributed by atoms with van der Waals surface area (Å²) < 4.78 is 0. The molecule has 0 saturated heterocycles. The largest absolute Gasteiger partial charge is 0.478 e. The van der Waals surface area contributed by atoms with E-state index < -0.39 is 5.97 Å². The van der Waals surface area contributed by atoms with Crippen LogP contribution in [0.4, 0.5) is 23.0 Å². The molecular formula is C19H16N4O3. The number of carbonyl (C=O) groups excluding carboxylic acids is 1. The SMILES string of the molecule is CC(=O)c1ccc(Nc2cc(Nc3ccccc3C(=O)O)ncn2)cc1. The molecule has 0 atom stereocenters. The minimum atomic E-state index is -1.02. The second kappa shape index (κ2) is 7.43. The van der Waals surface area contributed by atoms with Crippen LogP contribution in [0.3, 0.4) is 0 Å². The summed E-state index contributed by atoms with van der Waals surface area (Å²) in [4.78, 5) is 30.9. The van der Waals surface area contributed by atoms with Gasteiger partial charge in [0.15, 0.2) is 5.78 Å². The fraction of sp³-hybridized carbons (Fsp3) is 0.0526. The summed E-state index contributed by atoms with van der Waals surface area (Å²) >= 11 is 0. The number of para-hydroxylation sites is 1. The van der Waals surface area contributed by atoms with Crippen LogP contribution in [0.15, 0.2) is 60.9 Å². The highest BCUT2D eigenvalue weighted by Crippen LogP contribution is 2.22. The first-order chi connectivity index (χ1) is 12.5. The third kappa shape index (κ3) is 4.02. The van der Waals surface area contributed by atoms with Crippen molar-refractivity contribution >= 4 is 34.8 Å². The molecule has 130 valence electrons. The Bertz CT molecular complexity index is 955. The number of benzene rings is 2. The van der Waals surface area contributed by atoms with Crippen molar-refractivity contribution in [3.05, 3.63) is 72.1 Å². The molecule has 26 heavy (non-hydrogen) atoms. The van der Waals surface area contributed by atoms with Crippen molar-refractivity contribution in [1.29, 1.82) is 0 Å². The summed E-state index contributed by atoms with van der Waals surface area (Å²) in [6.07, 6.45) is 1.37. The maximum Gasteiger partial charge on any atom is 0.337 e. The van der Waals surface area contributed by atoms with Crippen molar-refractivity contribution < 1.29 is 14.7 Å². The average Bonchev–Trinajstić information content (AvgIpc) is 2.63. The number of hydrogen-bond acceptors (Lipinski definition) is 6. The Balaban J connectivity index is 1.78. The van der Waals surface area contributed by atoms with Crippen LogP contribution < -0.4 is 10.6 Å². The van der Waals surface area contributed by atoms with Crippen LogP contribution in [0.2, 0.25) is 0 Å². The first-order valence-corrected chi connectivity index (χ1v) is 7.82. The molecule has 0 saturated carbocycles. The molecule has 7 nitrogen and oxygen atoms in total. The molecule has 0 bridgehead atoms. The Hall–Kier alpha value is -3.74. The van der Waals surface area contributed by atoms with E-state index in [-0.39, 0.29) is 11.3 Å². The van der Waals surface area contributed by atoms with E-state index in [1.54, 1.807) is 48.5 Å². The predicted octanol–water partition coefficient (Wildman–Crippen LogP) is 3.86. The number of nitrogens with zero attached hydrogens (tertiary/aromatic N) is 2. The molecule has 0 aliphatic heterocycles. The second-order valence-electron chi connectivity index (χ2n) is 5.52. The molecule has 1 aromatic heterocycles. The summed E-state index contributed by atoms with van der Waals surface area (Å²) in [5.74, 6) is -0.0318. The van der Waals surface area contributed by atoms with Gasteiger partial charge in [-0.2, -0.15) is 0 Å². The van der Waals surface area contributed by atoms with Crippen molar-refractivity contribution in [2.45, 2.75) is 6.92 Å². The van der Waals surface area contributed by atoms with E-state index in [0.29, 0.717) is 22.9 Å². The average molecular weight is 348 g/mol. The number of ketones is 1. The van der Waals surface area contributed by atoms with E-state index in [9.17, 15) is 14.7 Å². The monoisotopic (exact) mass is 348 g/mol. The number of aromatic carboxylic acids is 1. The van der Waals surface area contributed by atoms with Crippen LogP contribution in [0, 0.1) is 0 Å². The van der Waals surface area contributed by atoms with E-state index in [4.69, 9.17) is 0 Å². The number of nitrogens with one attached hydrogen (secondary N) is 2. The number of anilines is 4. The van der Waals surface area contributed by atoms with E-state index in [0.717, 1.165) is 5.69 Å². The van der Waals surface area contributed by atoms with Gasteiger partial charge in [0, 0.05) is 17.3 Å². The Morgan fingerprint density at radius 2 is 1.58 bits per heavy atom. The highest BCUT2D eigenvalue weighted by Gasteiger charge is 2.10. The molecule has 3 rings (SSSR count). The number of carboxylic acid groups (broad SMARTS) is 1. The van der Waals surface area contributed by atoms with Gasteiger partial charge in [-0.05, 0) is 43.3 Å². The maximum absolute atomic E-state index is 11.3. The zero-order chi connectivity index (χ0) is 18.5. The highest BCUT2D eigenvalue weighted by atomic mass is 16.4. The van der Waals surface area contributed by atoms with Gasteiger partial charge in [-0.1, -0.05) is 12.1 Å². The number of carboxylic acids is 1. The van der Waals surface area contributed by atoms with Crippen molar-refractivity contribution in [3.63, 3.8) is 0 Å². The summed E-state index contributed by atoms with van der Waals surface area (Å²) in [5, 5.41) is 15.3. The number of rotatable bonds is 6. The third-order valence-electron chi connectivity index (χ3n) is 3.65.